The number of fused-ring (bicyclic) bond motifs is 1. The smallest absolute Gasteiger partial charge is 0.155 e. The average Bonchev–Trinajstić information content (AvgIpc) is 2.73. The highest BCUT2D eigenvalue weighted by molar-refractivity contribution is 5.41. The second-order valence-corrected chi connectivity index (χ2v) is 3.99. The van der Waals surface area contributed by atoms with Crippen molar-refractivity contribution in [1.82, 2.24) is 14.6 Å². The molecule has 0 unspecified atom stereocenters. The molecule has 2 aromatic rings. The van der Waals surface area contributed by atoms with Crippen LogP contribution in [0.15, 0.2) is 18.3 Å². The van der Waals surface area contributed by atoms with Crippen LogP contribution < -0.4 is 5.73 Å². The molecule has 0 aliphatic heterocycles. The van der Waals surface area contributed by atoms with Gasteiger partial charge in [-0.05, 0) is 18.9 Å². The molecule has 0 radical (unpaired) electrons. The first-order valence-electron chi connectivity index (χ1n) is 5.83. The summed E-state index contributed by atoms with van der Waals surface area (Å²) in [5, 5.41) is 4.60. The fourth-order valence-electron chi connectivity index (χ4n) is 2.02. The Morgan fingerprint density at radius 2 is 2.12 bits per heavy atom. The Kier molecular flexibility index (Phi) is 3.19. The standard InChI is InChI=1S/C12H18N4/c1-3-9(4-2)11-7-12-14-6-5-10(8-13)16(12)15-11/h5-7,9H,3-4,8,13H2,1-2H3. The fourth-order valence-corrected chi connectivity index (χ4v) is 2.02. The van der Waals surface area contributed by atoms with E-state index in [9.17, 15) is 0 Å². The summed E-state index contributed by atoms with van der Waals surface area (Å²) in [4.78, 5) is 4.31. The first-order valence-corrected chi connectivity index (χ1v) is 5.83. The predicted molar refractivity (Wildman–Crippen MR) is 64.2 cm³/mol. The monoisotopic (exact) mass is 218 g/mol. The van der Waals surface area contributed by atoms with Crippen LogP contribution in [0.5, 0.6) is 0 Å². The topological polar surface area (TPSA) is 56.2 Å². The van der Waals surface area contributed by atoms with Gasteiger partial charge in [-0.1, -0.05) is 13.8 Å². The average molecular weight is 218 g/mol. The number of aromatic nitrogens is 3. The van der Waals surface area contributed by atoms with E-state index in [4.69, 9.17) is 5.73 Å². The van der Waals surface area contributed by atoms with Crippen molar-refractivity contribution in [3.8, 4) is 0 Å². The molecule has 2 aromatic heterocycles. The number of rotatable bonds is 4. The van der Waals surface area contributed by atoms with Crippen molar-refractivity contribution in [2.24, 2.45) is 5.73 Å². The van der Waals surface area contributed by atoms with E-state index in [1.54, 1.807) is 6.20 Å². The Morgan fingerprint density at radius 3 is 2.75 bits per heavy atom. The summed E-state index contributed by atoms with van der Waals surface area (Å²) in [6.45, 7) is 4.87. The molecule has 0 aromatic carbocycles. The third-order valence-electron chi connectivity index (χ3n) is 3.07. The summed E-state index contributed by atoms with van der Waals surface area (Å²) in [5.74, 6) is 0.521. The van der Waals surface area contributed by atoms with Crippen molar-refractivity contribution in [3.63, 3.8) is 0 Å². The second-order valence-electron chi connectivity index (χ2n) is 3.99. The minimum atomic E-state index is 0.489. The van der Waals surface area contributed by atoms with Crippen LogP contribution in [-0.2, 0) is 6.54 Å². The highest BCUT2D eigenvalue weighted by Gasteiger charge is 2.12. The fraction of sp³-hybridized carbons (Fsp3) is 0.500. The van der Waals surface area contributed by atoms with Gasteiger partial charge < -0.3 is 5.73 Å². The summed E-state index contributed by atoms with van der Waals surface area (Å²) in [7, 11) is 0. The molecule has 0 saturated heterocycles. The molecule has 0 atom stereocenters. The molecule has 0 bridgehead atoms. The molecular formula is C12H18N4. The Hall–Kier alpha value is -1.42. The maximum Gasteiger partial charge on any atom is 0.155 e. The predicted octanol–water partition coefficient (Wildman–Crippen LogP) is 2.09. The normalized spacial score (nSPS) is 11.5. The zero-order valence-corrected chi connectivity index (χ0v) is 9.85. The van der Waals surface area contributed by atoms with Crippen LogP contribution in [0, 0.1) is 0 Å². The van der Waals surface area contributed by atoms with Crippen LogP contribution in [0.25, 0.3) is 5.65 Å². The molecule has 86 valence electrons. The van der Waals surface area contributed by atoms with E-state index in [-0.39, 0.29) is 0 Å². The van der Waals surface area contributed by atoms with Gasteiger partial charge in [0.15, 0.2) is 5.65 Å². The van der Waals surface area contributed by atoms with Gasteiger partial charge in [-0.2, -0.15) is 5.10 Å². The van der Waals surface area contributed by atoms with Crippen LogP contribution in [0.4, 0.5) is 0 Å². The van der Waals surface area contributed by atoms with Crippen LogP contribution in [-0.4, -0.2) is 14.6 Å². The molecule has 2 heterocycles. The van der Waals surface area contributed by atoms with E-state index in [1.807, 2.05) is 10.6 Å². The molecule has 0 aliphatic carbocycles. The molecule has 2 rings (SSSR count). The van der Waals surface area contributed by atoms with E-state index < -0.39 is 0 Å². The van der Waals surface area contributed by atoms with Gasteiger partial charge in [-0.15, -0.1) is 0 Å². The molecule has 4 nitrogen and oxygen atoms in total. The summed E-state index contributed by atoms with van der Waals surface area (Å²) < 4.78 is 1.85. The molecule has 16 heavy (non-hydrogen) atoms. The molecule has 0 aliphatic rings. The van der Waals surface area contributed by atoms with Gasteiger partial charge in [0.2, 0.25) is 0 Å². The molecular weight excluding hydrogens is 200 g/mol. The van der Waals surface area contributed by atoms with Gasteiger partial charge in [0.05, 0.1) is 11.4 Å². The number of nitrogens with two attached hydrogens (primary N) is 1. The lowest BCUT2D eigenvalue weighted by molar-refractivity contribution is 0.614. The van der Waals surface area contributed by atoms with Gasteiger partial charge >= 0.3 is 0 Å². The molecule has 4 heteroatoms. The van der Waals surface area contributed by atoms with E-state index in [1.165, 1.54) is 0 Å². The number of hydrogen-bond acceptors (Lipinski definition) is 3. The minimum Gasteiger partial charge on any atom is -0.325 e. The third-order valence-corrected chi connectivity index (χ3v) is 3.07. The van der Waals surface area contributed by atoms with Crippen molar-refractivity contribution >= 4 is 5.65 Å². The van der Waals surface area contributed by atoms with Crippen molar-refractivity contribution in [1.29, 1.82) is 0 Å². The van der Waals surface area contributed by atoms with E-state index >= 15 is 0 Å². The van der Waals surface area contributed by atoms with Crippen molar-refractivity contribution < 1.29 is 0 Å². The Labute approximate surface area is 95.5 Å². The van der Waals surface area contributed by atoms with E-state index in [0.717, 1.165) is 29.9 Å². The van der Waals surface area contributed by atoms with Gasteiger partial charge in [-0.25, -0.2) is 9.50 Å². The number of hydrogen-bond donors (Lipinski definition) is 1. The highest BCUT2D eigenvalue weighted by atomic mass is 15.3. The summed E-state index contributed by atoms with van der Waals surface area (Å²) in [6.07, 6.45) is 4.01. The number of nitrogens with zero attached hydrogens (tertiary/aromatic N) is 3. The molecule has 0 fully saturated rings. The SMILES string of the molecule is CCC(CC)c1cc2nccc(CN)n2n1. The van der Waals surface area contributed by atoms with E-state index in [2.05, 4.69) is 30.0 Å². The highest BCUT2D eigenvalue weighted by Crippen LogP contribution is 2.22. The molecule has 2 N–H and O–H groups in total. The van der Waals surface area contributed by atoms with Crippen molar-refractivity contribution in [2.45, 2.75) is 39.2 Å². The zero-order chi connectivity index (χ0) is 11.5. The quantitative estimate of drug-likeness (QED) is 0.855. The lowest BCUT2D eigenvalue weighted by atomic mass is 10.00. The van der Waals surface area contributed by atoms with Crippen molar-refractivity contribution in [3.05, 3.63) is 29.7 Å². The molecule has 0 spiro atoms. The van der Waals surface area contributed by atoms with Crippen molar-refractivity contribution in [2.75, 3.05) is 0 Å². The zero-order valence-electron chi connectivity index (χ0n) is 9.85. The third kappa shape index (κ3) is 1.80. The first-order chi connectivity index (χ1) is 7.80. The van der Waals surface area contributed by atoms with Gasteiger partial charge in [0.25, 0.3) is 0 Å². The maximum atomic E-state index is 5.68. The Morgan fingerprint density at radius 1 is 1.38 bits per heavy atom. The molecule has 0 saturated carbocycles. The van der Waals surface area contributed by atoms with Crippen LogP contribution in [0.2, 0.25) is 0 Å². The summed E-state index contributed by atoms with van der Waals surface area (Å²) >= 11 is 0. The Balaban J connectivity index is 2.50. The van der Waals surface area contributed by atoms with Gasteiger partial charge in [0.1, 0.15) is 0 Å². The minimum absolute atomic E-state index is 0.489. The summed E-state index contributed by atoms with van der Waals surface area (Å²) in [5.41, 5.74) is 8.70. The van der Waals surface area contributed by atoms with Crippen LogP contribution >= 0.6 is 0 Å². The summed E-state index contributed by atoms with van der Waals surface area (Å²) in [6, 6.07) is 3.98. The van der Waals surface area contributed by atoms with Gasteiger partial charge in [0, 0.05) is 24.7 Å². The van der Waals surface area contributed by atoms with Crippen LogP contribution in [0.1, 0.15) is 44.0 Å². The van der Waals surface area contributed by atoms with E-state index in [0.29, 0.717) is 12.5 Å². The largest absolute Gasteiger partial charge is 0.325 e. The lowest BCUT2D eigenvalue weighted by Crippen LogP contribution is -2.06. The second kappa shape index (κ2) is 4.61. The Bertz CT molecular complexity index is 471. The van der Waals surface area contributed by atoms with Crippen LogP contribution in [0.3, 0.4) is 0 Å². The lowest BCUT2D eigenvalue weighted by Gasteiger charge is -2.07. The first kappa shape index (κ1) is 11.1. The maximum absolute atomic E-state index is 5.68. The molecule has 0 amide bonds. The van der Waals surface area contributed by atoms with Gasteiger partial charge in [-0.3, -0.25) is 0 Å².